The number of rotatable bonds is 6. The van der Waals surface area contributed by atoms with E-state index in [1.54, 1.807) is 30.3 Å². The molecule has 1 atom stereocenters. The molecule has 1 unspecified atom stereocenters. The molecule has 3 rings (SSSR count). The number of carbonyl (C=O) groups is 1. The third kappa shape index (κ3) is 4.74. The molecule has 0 aliphatic heterocycles. The van der Waals surface area contributed by atoms with Crippen molar-refractivity contribution in [3.63, 3.8) is 0 Å². The topological polar surface area (TPSA) is 62.1 Å². The van der Waals surface area contributed by atoms with Crippen LogP contribution in [-0.4, -0.2) is 12.0 Å². The maximum atomic E-state index is 13.6. The minimum Gasteiger partial charge on any atom is -0.491 e. The molecule has 1 aliphatic carbocycles. The van der Waals surface area contributed by atoms with Crippen LogP contribution in [0.5, 0.6) is 5.75 Å². The molecule has 2 aromatic rings. The van der Waals surface area contributed by atoms with E-state index in [0.29, 0.717) is 39.9 Å². The standard InChI is InChI=1S/C24H26Cl2N2O2/c1-3-16(2)30-19-8-10-22(17(13-19)15-27)28-23(29)24(11-5-4-6-12-24)20-9-7-18(25)14-21(20)26/h7-10,13-14,16H,3-6,11-12H2,1-2H3,(H,28,29). The Morgan fingerprint density at radius 2 is 1.93 bits per heavy atom. The van der Waals surface area contributed by atoms with Gasteiger partial charge in [0.05, 0.1) is 22.8 Å². The Kier molecular flexibility index (Phi) is 7.28. The molecule has 0 heterocycles. The highest BCUT2D eigenvalue weighted by atomic mass is 35.5. The quantitative estimate of drug-likeness (QED) is 0.527. The third-order valence-electron chi connectivity index (χ3n) is 5.86. The van der Waals surface area contributed by atoms with Crippen LogP contribution in [0, 0.1) is 11.3 Å². The SMILES string of the molecule is CCC(C)Oc1ccc(NC(=O)C2(c3ccc(Cl)cc3Cl)CCCCC2)c(C#N)c1. The lowest BCUT2D eigenvalue weighted by Crippen LogP contribution is -2.42. The van der Waals surface area contributed by atoms with Gasteiger partial charge in [0.2, 0.25) is 5.91 Å². The van der Waals surface area contributed by atoms with Crippen molar-refractivity contribution in [2.45, 2.75) is 63.9 Å². The number of halogens is 2. The highest BCUT2D eigenvalue weighted by Crippen LogP contribution is 2.44. The number of carbonyl (C=O) groups excluding carboxylic acids is 1. The number of benzene rings is 2. The van der Waals surface area contributed by atoms with Gasteiger partial charge < -0.3 is 10.1 Å². The van der Waals surface area contributed by atoms with Crippen LogP contribution in [0.3, 0.4) is 0 Å². The van der Waals surface area contributed by atoms with Crippen LogP contribution in [0.2, 0.25) is 10.0 Å². The Morgan fingerprint density at radius 3 is 2.57 bits per heavy atom. The van der Waals surface area contributed by atoms with E-state index < -0.39 is 5.41 Å². The molecular weight excluding hydrogens is 419 g/mol. The lowest BCUT2D eigenvalue weighted by Gasteiger charge is -2.37. The molecule has 0 saturated heterocycles. The van der Waals surface area contributed by atoms with Gasteiger partial charge in [-0.1, -0.05) is 55.5 Å². The van der Waals surface area contributed by atoms with Crippen LogP contribution < -0.4 is 10.1 Å². The normalized spacial score (nSPS) is 16.4. The van der Waals surface area contributed by atoms with E-state index in [-0.39, 0.29) is 12.0 Å². The molecule has 1 N–H and O–H groups in total. The van der Waals surface area contributed by atoms with Crippen molar-refractivity contribution in [2.75, 3.05) is 5.32 Å². The maximum Gasteiger partial charge on any atom is 0.235 e. The fourth-order valence-electron chi connectivity index (χ4n) is 4.01. The summed E-state index contributed by atoms with van der Waals surface area (Å²) in [6.45, 7) is 4.01. The summed E-state index contributed by atoms with van der Waals surface area (Å²) in [5.74, 6) is 0.477. The fourth-order valence-corrected chi connectivity index (χ4v) is 4.60. The largest absolute Gasteiger partial charge is 0.491 e. The second-order valence-corrected chi connectivity index (χ2v) is 8.72. The van der Waals surface area contributed by atoms with E-state index in [9.17, 15) is 10.1 Å². The summed E-state index contributed by atoms with van der Waals surface area (Å²) in [5.41, 5.74) is 0.908. The zero-order chi connectivity index (χ0) is 21.7. The second-order valence-electron chi connectivity index (χ2n) is 7.88. The molecular formula is C24H26Cl2N2O2. The lowest BCUT2D eigenvalue weighted by molar-refractivity contribution is -0.122. The zero-order valence-electron chi connectivity index (χ0n) is 17.3. The summed E-state index contributed by atoms with van der Waals surface area (Å²) in [6, 6.07) is 12.7. The monoisotopic (exact) mass is 444 g/mol. The first-order valence-electron chi connectivity index (χ1n) is 10.4. The Hall–Kier alpha value is -2.22. The number of ether oxygens (including phenoxy) is 1. The van der Waals surface area contributed by atoms with Gasteiger partial charge in [-0.05, 0) is 56.0 Å². The van der Waals surface area contributed by atoms with Crippen molar-refractivity contribution in [2.24, 2.45) is 0 Å². The summed E-state index contributed by atoms with van der Waals surface area (Å²) in [4.78, 5) is 13.6. The average molecular weight is 445 g/mol. The molecule has 158 valence electrons. The molecule has 0 spiro atoms. The fraction of sp³-hybridized carbons (Fsp3) is 0.417. The van der Waals surface area contributed by atoms with Crippen molar-refractivity contribution < 1.29 is 9.53 Å². The Morgan fingerprint density at radius 1 is 1.20 bits per heavy atom. The molecule has 4 nitrogen and oxygen atoms in total. The van der Waals surface area contributed by atoms with Gasteiger partial charge in [-0.25, -0.2) is 0 Å². The number of nitrogens with zero attached hydrogens (tertiary/aromatic N) is 1. The van der Waals surface area contributed by atoms with Crippen molar-refractivity contribution in [3.05, 3.63) is 57.6 Å². The van der Waals surface area contributed by atoms with Crippen molar-refractivity contribution >= 4 is 34.8 Å². The summed E-state index contributed by atoms with van der Waals surface area (Å²) in [6.07, 6.45) is 5.30. The van der Waals surface area contributed by atoms with Crippen LogP contribution in [0.25, 0.3) is 0 Å². The Balaban J connectivity index is 1.92. The second kappa shape index (κ2) is 9.73. The number of hydrogen-bond acceptors (Lipinski definition) is 3. The van der Waals surface area contributed by atoms with E-state index in [0.717, 1.165) is 31.2 Å². The van der Waals surface area contributed by atoms with E-state index in [1.807, 2.05) is 19.9 Å². The summed E-state index contributed by atoms with van der Waals surface area (Å²) in [5, 5.41) is 13.7. The summed E-state index contributed by atoms with van der Waals surface area (Å²) < 4.78 is 5.80. The smallest absolute Gasteiger partial charge is 0.235 e. The number of nitrogens with one attached hydrogen (secondary N) is 1. The van der Waals surface area contributed by atoms with E-state index in [4.69, 9.17) is 27.9 Å². The first-order chi connectivity index (χ1) is 14.4. The lowest BCUT2D eigenvalue weighted by atomic mass is 9.68. The van der Waals surface area contributed by atoms with Crippen LogP contribution >= 0.6 is 23.2 Å². The first-order valence-corrected chi connectivity index (χ1v) is 11.1. The average Bonchev–Trinajstić information content (AvgIpc) is 2.75. The molecule has 0 aromatic heterocycles. The van der Waals surface area contributed by atoms with Gasteiger partial charge in [0.15, 0.2) is 0 Å². The molecule has 1 aliphatic rings. The maximum absolute atomic E-state index is 13.6. The molecule has 0 bridgehead atoms. The minimum atomic E-state index is -0.738. The molecule has 1 fully saturated rings. The highest BCUT2D eigenvalue weighted by Gasteiger charge is 2.42. The molecule has 1 amide bonds. The summed E-state index contributed by atoms with van der Waals surface area (Å²) in [7, 11) is 0. The van der Waals surface area contributed by atoms with Gasteiger partial charge in [-0.2, -0.15) is 5.26 Å². The van der Waals surface area contributed by atoms with Crippen molar-refractivity contribution in [3.8, 4) is 11.8 Å². The van der Waals surface area contributed by atoms with Gasteiger partial charge in [0, 0.05) is 16.1 Å². The van der Waals surface area contributed by atoms with Crippen molar-refractivity contribution in [1.29, 1.82) is 5.26 Å². The third-order valence-corrected chi connectivity index (χ3v) is 6.41. The minimum absolute atomic E-state index is 0.0505. The van der Waals surface area contributed by atoms with Crippen LogP contribution in [-0.2, 0) is 10.2 Å². The molecule has 1 saturated carbocycles. The highest BCUT2D eigenvalue weighted by molar-refractivity contribution is 6.35. The first kappa shape index (κ1) is 22.5. The predicted molar refractivity (Wildman–Crippen MR) is 121 cm³/mol. The van der Waals surface area contributed by atoms with E-state index in [1.165, 1.54) is 0 Å². The molecule has 0 radical (unpaired) electrons. The van der Waals surface area contributed by atoms with Crippen LogP contribution in [0.15, 0.2) is 36.4 Å². The predicted octanol–water partition coefficient (Wildman–Crippen LogP) is 6.88. The zero-order valence-corrected chi connectivity index (χ0v) is 18.8. The Bertz CT molecular complexity index is 962. The number of amides is 1. The van der Waals surface area contributed by atoms with Gasteiger partial charge in [0.25, 0.3) is 0 Å². The number of hydrogen-bond donors (Lipinski definition) is 1. The number of anilines is 1. The van der Waals surface area contributed by atoms with E-state index >= 15 is 0 Å². The van der Waals surface area contributed by atoms with Crippen LogP contribution in [0.1, 0.15) is 63.5 Å². The van der Waals surface area contributed by atoms with Crippen molar-refractivity contribution in [1.82, 2.24) is 0 Å². The Labute approximate surface area is 188 Å². The van der Waals surface area contributed by atoms with Gasteiger partial charge in [-0.15, -0.1) is 0 Å². The van der Waals surface area contributed by atoms with Gasteiger partial charge in [0.1, 0.15) is 11.8 Å². The summed E-state index contributed by atoms with van der Waals surface area (Å²) >= 11 is 12.6. The van der Waals surface area contributed by atoms with Gasteiger partial charge in [-0.3, -0.25) is 4.79 Å². The van der Waals surface area contributed by atoms with Crippen LogP contribution in [0.4, 0.5) is 5.69 Å². The van der Waals surface area contributed by atoms with Gasteiger partial charge >= 0.3 is 0 Å². The number of nitriles is 1. The van der Waals surface area contributed by atoms with E-state index in [2.05, 4.69) is 11.4 Å². The molecule has 2 aromatic carbocycles. The molecule has 30 heavy (non-hydrogen) atoms. The molecule has 6 heteroatoms.